The maximum atomic E-state index is 12.6. The number of ether oxygens (including phenoxy) is 1. The molecule has 0 bridgehead atoms. The van der Waals surface area contributed by atoms with E-state index in [1.165, 1.54) is 0 Å². The lowest BCUT2D eigenvalue weighted by Gasteiger charge is -2.12. The van der Waals surface area contributed by atoms with Crippen LogP contribution in [-0.4, -0.2) is 22.3 Å². The minimum absolute atomic E-state index is 0.0504. The van der Waals surface area contributed by atoms with E-state index < -0.39 is 5.97 Å². The molecule has 6 nitrogen and oxygen atoms in total. The first-order chi connectivity index (χ1) is 11.5. The summed E-state index contributed by atoms with van der Waals surface area (Å²) in [5, 5.41) is 4.36. The molecule has 3 rings (SSSR count). The summed E-state index contributed by atoms with van der Waals surface area (Å²) >= 11 is 0. The van der Waals surface area contributed by atoms with Crippen LogP contribution < -0.4 is 5.43 Å². The van der Waals surface area contributed by atoms with Crippen molar-refractivity contribution in [2.24, 2.45) is 0 Å². The Bertz CT molecular complexity index is 969. The zero-order valence-corrected chi connectivity index (χ0v) is 13.8. The molecule has 0 spiro atoms. The molecule has 2 aromatic heterocycles. The Hall–Kier alpha value is -2.89. The highest BCUT2D eigenvalue weighted by molar-refractivity contribution is 5.94. The Kier molecular flexibility index (Phi) is 4.20. The van der Waals surface area contributed by atoms with E-state index >= 15 is 0 Å². The van der Waals surface area contributed by atoms with Gasteiger partial charge in [0.05, 0.1) is 17.8 Å². The van der Waals surface area contributed by atoms with E-state index in [2.05, 4.69) is 5.16 Å². The number of carbonyl (C=O) groups excluding carboxylic acids is 1. The highest BCUT2D eigenvalue weighted by Crippen LogP contribution is 2.24. The molecule has 0 fully saturated rings. The Morgan fingerprint density at radius 1 is 1.29 bits per heavy atom. The van der Waals surface area contributed by atoms with Gasteiger partial charge in [-0.05, 0) is 32.9 Å². The Labute approximate surface area is 138 Å². The predicted octanol–water partition coefficient (Wildman–Crippen LogP) is 3.16. The lowest BCUT2D eigenvalue weighted by Crippen LogP contribution is -2.20. The molecule has 0 aliphatic rings. The van der Waals surface area contributed by atoms with Crippen LogP contribution in [0.25, 0.3) is 22.2 Å². The molecule has 0 atom stereocenters. The fraction of sp³-hybridized carbons (Fsp3) is 0.278. The van der Waals surface area contributed by atoms with Gasteiger partial charge in [0.25, 0.3) is 0 Å². The van der Waals surface area contributed by atoms with Crippen LogP contribution >= 0.6 is 0 Å². The SMILES string of the molecule is CCOC(=O)c1cn(CC)c2cc(-c3cc(C)no3)ccc2c1=O. The number of hydrogen-bond acceptors (Lipinski definition) is 5. The summed E-state index contributed by atoms with van der Waals surface area (Å²) in [6, 6.07) is 7.20. The van der Waals surface area contributed by atoms with Crippen LogP contribution in [-0.2, 0) is 11.3 Å². The number of benzene rings is 1. The van der Waals surface area contributed by atoms with Crippen molar-refractivity contribution < 1.29 is 14.1 Å². The highest BCUT2D eigenvalue weighted by Gasteiger charge is 2.17. The van der Waals surface area contributed by atoms with E-state index in [1.54, 1.807) is 25.3 Å². The summed E-state index contributed by atoms with van der Waals surface area (Å²) in [5.41, 5.74) is 2.08. The zero-order valence-electron chi connectivity index (χ0n) is 13.8. The fourth-order valence-corrected chi connectivity index (χ4v) is 2.66. The molecule has 0 saturated carbocycles. The molecule has 6 heteroatoms. The first kappa shape index (κ1) is 16.0. The van der Waals surface area contributed by atoms with Crippen molar-refractivity contribution in [1.29, 1.82) is 0 Å². The smallest absolute Gasteiger partial charge is 0.343 e. The molecule has 24 heavy (non-hydrogen) atoms. The van der Waals surface area contributed by atoms with Gasteiger partial charge in [-0.15, -0.1) is 0 Å². The van der Waals surface area contributed by atoms with Crippen LogP contribution in [0.15, 0.2) is 39.8 Å². The molecule has 2 heterocycles. The number of esters is 1. The van der Waals surface area contributed by atoms with Crippen LogP contribution in [0.2, 0.25) is 0 Å². The quantitative estimate of drug-likeness (QED) is 0.689. The second-order valence-corrected chi connectivity index (χ2v) is 5.44. The molecule has 0 N–H and O–H groups in total. The molecular weight excluding hydrogens is 308 g/mol. The van der Waals surface area contributed by atoms with Gasteiger partial charge in [0.15, 0.2) is 5.76 Å². The van der Waals surface area contributed by atoms with Crippen molar-refractivity contribution in [1.82, 2.24) is 9.72 Å². The summed E-state index contributed by atoms with van der Waals surface area (Å²) < 4.78 is 12.1. The lowest BCUT2D eigenvalue weighted by molar-refractivity contribution is 0.0524. The molecule has 0 aliphatic carbocycles. The highest BCUT2D eigenvalue weighted by atomic mass is 16.5. The van der Waals surface area contributed by atoms with Gasteiger partial charge < -0.3 is 13.8 Å². The van der Waals surface area contributed by atoms with Gasteiger partial charge in [-0.3, -0.25) is 4.79 Å². The molecule has 0 radical (unpaired) electrons. The zero-order chi connectivity index (χ0) is 17.3. The normalized spacial score (nSPS) is 11.0. The number of carbonyl (C=O) groups is 1. The van der Waals surface area contributed by atoms with Crippen molar-refractivity contribution in [2.75, 3.05) is 6.61 Å². The Balaban J connectivity index is 2.22. The second-order valence-electron chi connectivity index (χ2n) is 5.44. The minimum atomic E-state index is -0.596. The first-order valence-corrected chi connectivity index (χ1v) is 7.83. The van der Waals surface area contributed by atoms with Crippen LogP contribution in [0.4, 0.5) is 0 Å². The van der Waals surface area contributed by atoms with Gasteiger partial charge in [0.1, 0.15) is 5.56 Å². The number of aromatic nitrogens is 2. The summed E-state index contributed by atoms with van der Waals surface area (Å²) in [6.07, 6.45) is 1.55. The Morgan fingerprint density at radius 3 is 2.71 bits per heavy atom. The van der Waals surface area contributed by atoms with E-state index in [0.29, 0.717) is 17.7 Å². The maximum Gasteiger partial charge on any atom is 0.343 e. The summed E-state index contributed by atoms with van der Waals surface area (Å²) in [6.45, 7) is 6.35. The van der Waals surface area contributed by atoms with E-state index in [1.807, 2.05) is 30.5 Å². The number of fused-ring (bicyclic) bond motifs is 1. The largest absolute Gasteiger partial charge is 0.462 e. The van der Waals surface area contributed by atoms with Crippen LogP contribution in [0.5, 0.6) is 0 Å². The fourth-order valence-electron chi connectivity index (χ4n) is 2.66. The van der Waals surface area contributed by atoms with Gasteiger partial charge >= 0.3 is 5.97 Å². The van der Waals surface area contributed by atoms with E-state index in [0.717, 1.165) is 16.8 Å². The minimum Gasteiger partial charge on any atom is -0.462 e. The molecular formula is C18H18N2O4. The number of pyridine rings is 1. The molecule has 0 amide bonds. The number of aryl methyl sites for hydroxylation is 2. The van der Waals surface area contributed by atoms with Crippen molar-refractivity contribution in [3.8, 4) is 11.3 Å². The van der Waals surface area contributed by atoms with E-state index in [-0.39, 0.29) is 17.6 Å². The first-order valence-electron chi connectivity index (χ1n) is 7.83. The summed E-state index contributed by atoms with van der Waals surface area (Å²) in [7, 11) is 0. The average molecular weight is 326 g/mol. The van der Waals surface area contributed by atoms with Crippen molar-refractivity contribution in [3.05, 3.63) is 51.9 Å². The maximum absolute atomic E-state index is 12.6. The molecule has 3 aromatic rings. The van der Waals surface area contributed by atoms with Gasteiger partial charge in [-0.2, -0.15) is 0 Å². The third-order valence-electron chi connectivity index (χ3n) is 3.83. The second kappa shape index (κ2) is 6.31. The number of rotatable bonds is 4. The number of hydrogen-bond donors (Lipinski definition) is 0. The monoisotopic (exact) mass is 326 g/mol. The van der Waals surface area contributed by atoms with Gasteiger partial charge in [0, 0.05) is 29.8 Å². The molecule has 0 aliphatic heterocycles. The van der Waals surface area contributed by atoms with Crippen LogP contribution in [0.3, 0.4) is 0 Å². The van der Waals surface area contributed by atoms with E-state index in [9.17, 15) is 9.59 Å². The van der Waals surface area contributed by atoms with Crippen molar-refractivity contribution in [2.45, 2.75) is 27.3 Å². The van der Waals surface area contributed by atoms with Crippen LogP contribution in [0.1, 0.15) is 29.9 Å². The topological polar surface area (TPSA) is 74.3 Å². The summed E-state index contributed by atoms with van der Waals surface area (Å²) in [4.78, 5) is 24.6. The molecule has 124 valence electrons. The van der Waals surface area contributed by atoms with Crippen molar-refractivity contribution in [3.63, 3.8) is 0 Å². The predicted molar refractivity (Wildman–Crippen MR) is 90.1 cm³/mol. The third kappa shape index (κ3) is 2.71. The summed E-state index contributed by atoms with van der Waals surface area (Å²) in [5.74, 6) is 0.0421. The van der Waals surface area contributed by atoms with Gasteiger partial charge in [-0.1, -0.05) is 11.2 Å². The lowest BCUT2D eigenvalue weighted by atomic mass is 10.1. The van der Waals surface area contributed by atoms with Gasteiger partial charge in [0.2, 0.25) is 5.43 Å². The third-order valence-corrected chi connectivity index (χ3v) is 3.83. The number of nitrogens with zero attached hydrogens (tertiary/aromatic N) is 2. The van der Waals surface area contributed by atoms with Crippen LogP contribution in [0, 0.1) is 6.92 Å². The molecule has 0 unspecified atom stereocenters. The Morgan fingerprint density at radius 2 is 2.08 bits per heavy atom. The van der Waals surface area contributed by atoms with Crippen molar-refractivity contribution >= 4 is 16.9 Å². The van der Waals surface area contributed by atoms with Gasteiger partial charge in [-0.25, -0.2) is 4.79 Å². The average Bonchev–Trinajstić information content (AvgIpc) is 3.01. The standard InChI is InChI=1S/C18H18N2O4/c1-4-20-10-14(18(22)23-5-2)17(21)13-7-6-12(9-15(13)20)16-8-11(3)19-24-16/h6-10H,4-5H2,1-3H3. The molecule has 1 aromatic carbocycles. The molecule has 0 saturated heterocycles. The van der Waals surface area contributed by atoms with E-state index in [4.69, 9.17) is 9.26 Å².